The Labute approximate surface area is 127 Å². The van der Waals surface area contributed by atoms with Crippen LogP contribution in [-0.4, -0.2) is 5.24 Å². The molecular weight excluding hydrogens is 288 g/mol. The summed E-state index contributed by atoms with van der Waals surface area (Å²) in [6.45, 7) is 0.507. The molecule has 0 amide bonds. The van der Waals surface area contributed by atoms with E-state index in [-0.39, 0.29) is 11.7 Å². The highest BCUT2D eigenvalue weighted by Gasteiger charge is 2.25. The third-order valence-corrected chi connectivity index (χ3v) is 3.40. The van der Waals surface area contributed by atoms with Crippen molar-refractivity contribution in [1.82, 2.24) is 0 Å². The average Bonchev–Trinajstić information content (AvgIpc) is 2.82. The van der Waals surface area contributed by atoms with Crippen LogP contribution in [0.15, 0.2) is 78.0 Å². The highest BCUT2D eigenvalue weighted by Crippen LogP contribution is 2.31. The Kier molecular flexibility index (Phi) is 3.93. The summed E-state index contributed by atoms with van der Waals surface area (Å²) >= 11 is 5.41. The lowest BCUT2D eigenvalue weighted by Gasteiger charge is -2.06. The molecule has 21 heavy (non-hydrogen) atoms. The molecule has 1 aliphatic heterocycles. The number of carbonyl (C=O) groups is 1. The second kappa shape index (κ2) is 6.02. The molecule has 0 saturated heterocycles. The lowest BCUT2D eigenvalue weighted by atomic mass is 10.1. The van der Waals surface area contributed by atoms with Crippen molar-refractivity contribution in [2.24, 2.45) is 5.92 Å². The Morgan fingerprint density at radius 2 is 2.05 bits per heavy atom. The van der Waals surface area contributed by atoms with Gasteiger partial charge in [-0.2, -0.15) is 0 Å². The average molecular weight is 301 g/mol. The summed E-state index contributed by atoms with van der Waals surface area (Å²) in [5.41, 5.74) is 1.11. The number of halogens is 1. The van der Waals surface area contributed by atoms with Gasteiger partial charge in [0.2, 0.25) is 0 Å². The SMILES string of the molecule is O=C(Cl)C1=CC2C=CC(OCc3ccccc3)=CC=C2O1. The quantitative estimate of drug-likeness (QED) is 0.793. The van der Waals surface area contributed by atoms with Gasteiger partial charge in [-0.25, -0.2) is 0 Å². The van der Waals surface area contributed by atoms with Crippen LogP contribution in [0, 0.1) is 5.92 Å². The highest BCUT2D eigenvalue weighted by molar-refractivity contribution is 6.67. The predicted molar refractivity (Wildman–Crippen MR) is 80.1 cm³/mol. The smallest absolute Gasteiger partial charge is 0.287 e. The van der Waals surface area contributed by atoms with Crippen molar-refractivity contribution in [3.8, 4) is 0 Å². The minimum Gasteiger partial charge on any atom is -0.489 e. The van der Waals surface area contributed by atoms with E-state index in [1.54, 1.807) is 12.2 Å². The third kappa shape index (κ3) is 3.26. The summed E-state index contributed by atoms with van der Waals surface area (Å²) in [5, 5.41) is -0.582. The number of hydrogen-bond donors (Lipinski definition) is 0. The van der Waals surface area contributed by atoms with E-state index in [9.17, 15) is 4.79 Å². The van der Waals surface area contributed by atoms with Crippen molar-refractivity contribution in [3.63, 3.8) is 0 Å². The van der Waals surface area contributed by atoms with Gasteiger partial charge in [-0.15, -0.1) is 0 Å². The molecular formula is C17H13ClO3. The standard InChI is InChI=1S/C17H13ClO3/c18-17(19)16-10-13-6-7-14(8-9-15(13)21-16)20-11-12-4-2-1-3-5-12/h1-10,13H,11H2. The zero-order chi connectivity index (χ0) is 14.7. The van der Waals surface area contributed by atoms with Gasteiger partial charge in [-0.05, 0) is 41.5 Å². The molecule has 0 spiro atoms. The summed E-state index contributed by atoms with van der Waals surface area (Å²) in [6, 6.07) is 9.95. The monoisotopic (exact) mass is 300 g/mol. The van der Waals surface area contributed by atoms with E-state index in [0.29, 0.717) is 12.4 Å². The van der Waals surface area contributed by atoms with Crippen molar-refractivity contribution in [1.29, 1.82) is 0 Å². The molecule has 2 aliphatic rings. The summed E-state index contributed by atoms with van der Waals surface area (Å²) in [6.07, 6.45) is 9.12. The fourth-order valence-electron chi connectivity index (χ4n) is 2.13. The van der Waals surface area contributed by atoms with Crippen LogP contribution in [0.4, 0.5) is 0 Å². The van der Waals surface area contributed by atoms with Crippen LogP contribution in [0.25, 0.3) is 0 Å². The topological polar surface area (TPSA) is 35.5 Å². The van der Waals surface area contributed by atoms with Gasteiger partial charge in [-0.1, -0.05) is 36.4 Å². The van der Waals surface area contributed by atoms with Gasteiger partial charge in [0.25, 0.3) is 5.24 Å². The summed E-state index contributed by atoms with van der Waals surface area (Å²) in [7, 11) is 0. The summed E-state index contributed by atoms with van der Waals surface area (Å²) in [5.74, 6) is 1.53. The zero-order valence-electron chi connectivity index (χ0n) is 11.2. The van der Waals surface area contributed by atoms with Crippen molar-refractivity contribution in [3.05, 3.63) is 83.6 Å². The van der Waals surface area contributed by atoms with Crippen LogP contribution in [-0.2, 0) is 20.9 Å². The number of benzene rings is 1. The molecule has 0 radical (unpaired) electrons. The predicted octanol–water partition coefficient (Wildman–Crippen LogP) is 3.84. The van der Waals surface area contributed by atoms with E-state index in [2.05, 4.69) is 0 Å². The zero-order valence-corrected chi connectivity index (χ0v) is 11.9. The molecule has 0 aromatic heterocycles. The van der Waals surface area contributed by atoms with Gasteiger partial charge >= 0.3 is 0 Å². The van der Waals surface area contributed by atoms with Crippen LogP contribution in [0.1, 0.15) is 5.56 Å². The summed E-state index contributed by atoms with van der Waals surface area (Å²) in [4.78, 5) is 11.1. The number of rotatable bonds is 4. The normalized spacial score (nSPS) is 19.7. The Morgan fingerprint density at radius 1 is 1.24 bits per heavy atom. The minimum atomic E-state index is -0.582. The maximum atomic E-state index is 11.1. The molecule has 0 fully saturated rings. The highest BCUT2D eigenvalue weighted by atomic mass is 35.5. The van der Waals surface area contributed by atoms with Crippen LogP contribution in [0.2, 0.25) is 0 Å². The lowest BCUT2D eigenvalue weighted by Crippen LogP contribution is -1.93. The second-order valence-electron chi connectivity index (χ2n) is 4.70. The number of hydrogen-bond acceptors (Lipinski definition) is 3. The number of carbonyl (C=O) groups excluding carboxylic acids is 1. The van der Waals surface area contributed by atoms with Gasteiger partial charge in [-0.3, -0.25) is 4.79 Å². The van der Waals surface area contributed by atoms with Crippen molar-refractivity contribution in [2.45, 2.75) is 6.61 Å². The first-order valence-corrected chi connectivity index (χ1v) is 6.96. The fraction of sp³-hybridized carbons (Fsp3) is 0.118. The maximum absolute atomic E-state index is 11.1. The fourth-order valence-corrected chi connectivity index (χ4v) is 2.23. The number of ether oxygens (including phenoxy) is 2. The molecule has 1 aromatic rings. The van der Waals surface area contributed by atoms with Crippen molar-refractivity contribution < 1.29 is 14.3 Å². The molecule has 3 rings (SSSR count). The Hall–Kier alpha value is -2.26. The first-order chi connectivity index (χ1) is 10.2. The van der Waals surface area contributed by atoms with Gasteiger partial charge in [0, 0.05) is 0 Å². The van der Waals surface area contributed by atoms with E-state index in [1.165, 1.54) is 0 Å². The molecule has 1 aromatic carbocycles. The molecule has 1 heterocycles. The molecule has 1 atom stereocenters. The first-order valence-electron chi connectivity index (χ1n) is 6.59. The molecule has 3 nitrogen and oxygen atoms in total. The van der Waals surface area contributed by atoms with Gasteiger partial charge in [0.15, 0.2) is 5.76 Å². The van der Waals surface area contributed by atoms with E-state index in [1.807, 2.05) is 48.6 Å². The molecule has 4 heteroatoms. The maximum Gasteiger partial charge on any atom is 0.287 e. The third-order valence-electron chi connectivity index (χ3n) is 3.21. The lowest BCUT2D eigenvalue weighted by molar-refractivity contribution is -0.110. The second-order valence-corrected chi connectivity index (χ2v) is 5.05. The largest absolute Gasteiger partial charge is 0.489 e. The Morgan fingerprint density at radius 3 is 2.81 bits per heavy atom. The van der Waals surface area contributed by atoms with E-state index in [0.717, 1.165) is 11.3 Å². The first kappa shape index (κ1) is 13.7. The molecule has 0 N–H and O–H groups in total. The van der Waals surface area contributed by atoms with Crippen molar-refractivity contribution >= 4 is 16.8 Å². The molecule has 0 bridgehead atoms. The van der Waals surface area contributed by atoms with E-state index >= 15 is 0 Å². The van der Waals surface area contributed by atoms with E-state index in [4.69, 9.17) is 21.1 Å². The molecule has 1 aliphatic carbocycles. The van der Waals surface area contributed by atoms with Crippen LogP contribution < -0.4 is 0 Å². The van der Waals surface area contributed by atoms with Gasteiger partial charge < -0.3 is 9.47 Å². The van der Waals surface area contributed by atoms with Crippen molar-refractivity contribution in [2.75, 3.05) is 0 Å². The molecule has 1 unspecified atom stereocenters. The van der Waals surface area contributed by atoms with Crippen LogP contribution in [0.3, 0.4) is 0 Å². The number of allylic oxidation sites excluding steroid dienone is 5. The Balaban J connectivity index is 1.66. The number of fused-ring (bicyclic) bond motifs is 1. The van der Waals surface area contributed by atoms with Crippen LogP contribution in [0.5, 0.6) is 0 Å². The molecule has 106 valence electrons. The minimum absolute atomic E-state index is 0.0724. The van der Waals surface area contributed by atoms with Gasteiger partial charge in [0.05, 0.1) is 5.92 Å². The summed E-state index contributed by atoms with van der Waals surface area (Å²) < 4.78 is 11.2. The van der Waals surface area contributed by atoms with E-state index < -0.39 is 5.24 Å². The van der Waals surface area contributed by atoms with Crippen LogP contribution >= 0.6 is 11.6 Å². The Bertz CT molecular complexity index is 669. The van der Waals surface area contributed by atoms with Gasteiger partial charge in [0.1, 0.15) is 18.1 Å². The molecule has 0 saturated carbocycles.